The molecule has 4 nitrogen and oxygen atoms in total. The van der Waals surface area contributed by atoms with E-state index in [1.807, 2.05) is 20.8 Å². The maximum atomic E-state index is 12.2. The van der Waals surface area contributed by atoms with E-state index >= 15 is 0 Å². The van der Waals surface area contributed by atoms with Crippen LogP contribution in [0.25, 0.3) is 0 Å². The van der Waals surface area contributed by atoms with Crippen LogP contribution in [0.3, 0.4) is 0 Å². The first-order valence-electron chi connectivity index (χ1n) is 6.42. The maximum Gasteiger partial charge on any atom is 0.297 e. The zero-order chi connectivity index (χ0) is 14.1. The van der Waals surface area contributed by atoms with E-state index in [4.69, 9.17) is 8.92 Å². The molecule has 1 heterocycles. The second-order valence-electron chi connectivity index (χ2n) is 5.59. The van der Waals surface area contributed by atoms with Crippen molar-refractivity contribution in [3.05, 3.63) is 29.8 Å². The summed E-state index contributed by atoms with van der Waals surface area (Å²) in [5.74, 6) is 0. The molecular formula is C14H20O4S. The summed E-state index contributed by atoms with van der Waals surface area (Å²) < 4.78 is 35.2. The van der Waals surface area contributed by atoms with Crippen LogP contribution in [0.2, 0.25) is 0 Å². The van der Waals surface area contributed by atoms with Crippen LogP contribution in [0, 0.1) is 6.92 Å². The van der Waals surface area contributed by atoms with Gasteiger partial charge in [-0.2, -0.15) is 8.42 Å². The Morgan fingerprint density at radius 1 is 1.26 bits per heavy atom. The SMILES string of the molecule is Cc1ccc(S(=O)(=O)O[C@@H]2CCOC(C)(C)C2)cc1. The normalized spacial score (nSPS) is 23.2. The fourth-order valence-corrected chi connectivity index (χ4v) is 3.30. The van der Waals surface area contributed by atoms with Gasteiger partial charge in [-0.1, -0.05) is 17.7 Å². The van der Waals surface area contributed by atoms with Gasteiger partial charge in [0.1, 0.15) is 0 Å². The lowest BCUT2D eigenvalue weighted by atomic mass is 9.96. The Balaban J connectivity index is 2.11. The molecule has 2 rings (SSSR count). The first kappa shape index (κ1) is 14.5. The molecule has 0 saturated carbocycles. The summed E-state index contributed by atoms with van der Waals surface area (Å²) in [5, 5.41) is 0. The Bertz CT molecular complexity index is 531. The van der Waals surface area contributed by atoms with Gasteiger partial charge in [0.25, 0.3) is 10.1 Å². The van der Waals surface area contributed by atoms with Gasteiger partial charge in [0.2, 0.25) is 0 Å². The predicted octanol–water partition coefficient (Wildman–Crippen LogP) is 2.66. The molecular weight excluding hydrogens is 264 g/mol. The minimum atomic E-state index is -3.68. The lowest BCUT2D eigenvalue weighted by molar-refractivity contribution is -0.0884. The number of rotatable bonds is 3. The molecule has 19 heavy (non-hydrogen) atoms. The Morgan fingerprint density at radius 2 is 1.89 bits per heavy atom. The van der Waals surface area contributed by atoms with E-state index in [9.17, 15) is 8.42 Å². The number of hydrogen-bond acceptors (Lipinski definition) is 4. The van der Waals surface area contributed by atoms with E-state index in [0.717, 1.165) is 5.56 Å². The van der Waals surface area contributed by atoms with Crippen molar-refractivity contribution in [2.45, 2.75) is 50.2 Å². The molecule has 0 amide bonds. The van der Waals surface area contributed by atoms with E-state index < -0.39 is 10.1 Å². The van der Waals surface area contributed by atoms with Crippen molar-refractivity contribution in [1.29, 1.82) is 0 Å². The summed E-state index contributed by atoms with van der Waals surface area (Å²) in [5.41, 5.74) is 0.692. The second kappa shape index (κ2) is 5.23. The zero-order valence-electron chi connectivity index (χ0n) is 11.5. The Labute approximate surface area is 114 Å². The molecule has 1 fully saturated rings. The summed E-state index contributed by atoms with van der Waals surface area (Å²) in [6.45, 7) is 6.33. The number of ether oxygens (including phenoxy) is 1. The van der Waals surface area contributed by atoms with Crippen molar-refractivity contribution < 1.29 is 17.3 Å². The van der Waals surface area contributed by atoms with Crippen molar-refractivity contribution in [3.63, 3.8) is 0 Å². The van der Waals surface area contributed by atoms with Gasteiger partial charge in [-0.05, 0) is 39.3 Å². The van der Waals surface area contributed by atoms with Gasteiger partial charge in [-0.25, -0.2) is 0 Å². The first-order chi connectivity index (χ1) is 8.78. The molecule has 0 aliphatic carbocycles. The Hall–Kier alpha value is -0.910. The highest BCUT2D eigenvalue weighted by molar-refractivity contribution is 7.86. The Kier molecular flexibility index (Phi) is 3.99. The summed E-state index contributed by atoms with van der Waals surface area (Å²) in [6.07, 6.45) is 0.877. The van der Waals surface area contributed by atoms with Gasteiger partial charge in [0.15, 0.2) is 0 Å². The van der Waals surface area contributed by atoms with E-state index in [1.54, 1.807) is 24.3 Å². The summed E-state index contributed by atoms with van der Waals surface area (Å²) >= 11 is 0. The average molecular weight is 284 g/mol. The van der Waals surface area contributed by atoms with Gasteiger partial charge in [0, 0.05) is 13.0 Å². The standard InChI is InChI=1S/C14H20O4S/c1-11-4-6-13(7-5-11)19(15,16)18-12-8-9-17-14(2,3)10-12/h4-7,12H,8-10H2,1-3H3/t12-/m1/s1. The smallest absolute Gasteiger partial charge is 0.297 e. The molecule has 1 aromatic rings. The third-order valence-corrected chi connectivity index (χ3v) is 4.60. The maximum absolute atomic E-state index is 12.2. The molecule has 1 aliphatic rings. The monoisotopic (exact) mass is 284 g/mol. The third kappa shape index (κ3) is 3.78. The molecule has 0 N–H and O–H groups in total. The lowest BCUT2D eigenvalue weighted by Crippen LogP contribution is -2.38. The van der Waals surface area contributed by atoms with Crippen LogP contribution in [-0.2, 0) is 19.0 Å². The van der Waals surface area contributed by atoms with Crippen molar-refractivity contribution >= 4 is 10.1 Å². The van der Waals surface area contributed by atoms with E-state index in [-0.39, 0.29) is 16.6 Å². The van der Waals surface area contributed by atoms with E-state index in [1.165, 1.54) is 0 Å². The van der Waals surface area contributed by atoms with E-state index in [2.05, 4.69) is 0 Å². The van der Waals surface area contributed by atoms with Crippen molar-refractivity contribution in [2.75, 3.05) is 6.61 Å². The molecule has 106 valence electrons. The molecule has 1 saturated heterocycles. The third-order valence-electron chi connectivity index (χ3n) is 3.22. The number of aryl methyl sites for hydroxylation is 1. The van der Waals surface area contributed by atoms with Crippen LogP contribution in [0.4, 0.5) is 0 Å². The topological polar surface area (TPSA) is 52.6 Å². The highest BCUT2D eigenvalue weighted by Gasteiger charge is 2.32. The molecule has 0 unspecified atom stereocenters. The minimum Gasteiger partial charge on any atom is -0.375 e. The molecule has 1 atom stereocenters. The average Bonchev–Trinajstić information content (AvgIpc) is 2.27. The van der Waals surface area contributed by atoms with Crippen molar-refractivity contribution in [3.8, 4) is 0 Å². The fourth-order valence-electron chi connectivity index (χ4n) is 2.20. The zero-order valence-corrected chi connectivity index (χ0v) is 12.4. The molecule has 0 aromatic heterocycles. The van der Waals surface area contributed by atoms with Crippen LogP contribution >= 0.6 is 0 Å². The molecule has 1 aliphatic heterocycles. The first-order valence-corrected chi connectivity index (χ1v) is 7.83. The van der Waals surface area contributed by atoms with Gasteiger partial charge in [-0.15, -0.1) is 0 Å². The fraction of sp³-hybridized carbons (Fsp3) is 0.571. The highest BCUT2D eigenvalue weighted by Crippen LogP contribution is 2.28. The number of benzene rings is 1. The van der Waals surface area contributed by atoms with Gasteiger partial charge in [0.05, 0.1) is 16.6 Å². The van der Waals surface area contributed by atoms with Crippen molar-refractivity contribution in [1.82, 2.24) is 0 Å². The molecule has 0 spiro atoms. The second-order valence-corrected chi connectivity index (χ2v) is 7.16. The van der Waals surface area contributed by atoms with Crippen LogP contribution in [0.1, 0.15) is 32.3 Å². The van der Waals surface area contributed by atoms with Crippen LogP contribution in [0.5, 0.6) is 0 Å². The summed E-state index contributed by atoms with van der Waals surface area (Å²) in [4.78, 5) is 0.211. The van der Waals surface area contributed by atoms with E-state index in [0.29, 0.717) is 19.4 Å². The quantitative estimate of drug-likeness (QED) is 0.801. The summed E-state index contributed by atoms with van der Waals surface area (Å²) in [6, 6.07) is 6.69. The molecule has 5 heteroatoms. The molecule has 1 aromatic carbocycles. The van der Waals surface area contributed by atoms with Crippen LogP contribution in [-0.4, -0.2) is 26.7 Å². The highest BCUT2D eigenvalue weighted by atomic mass is 32.2. The van der Waals surface area contributed by atoms with Crippen LogP contribution < -0.4 is 0 Å². The van der Waals surface area contributed by atoms with Gasteiger partial charge in [-0.3, -0.25) is 4.18 Å². The minimum absolute atomic E-state index is 0.211. The lowest BCUT2D eigenvalue weighted by Gasteiger charge is -2.34. The van der Waals surface area contributed by atoms with Gasteiger partial charge >= 0.3 is 0 Å². The summed E-state index contributed by atoms with van der Waals surface area (Å²) in [7, 11) is -3.68. The number of hydrogen-bond donors (Lipinski definition) is 0. The van der Waals surface area contributed by atoms with Crippen molar-refractivity contribution in [2.24, 2.45) is 0 Å². The molecule has 0 bridgehead atoms. The van der Waals surface area contributed by atoms with Gasteiger partial charge < -0.3 is 4.74 Å². The largest absolute Gasteiger partial charge is 0.375 e. The molecule has 0 radical (unpaired) electrons. The van der Waals surface area contributed by atoms with Crippen LogP contribution in [0.15, 0.2) is 29.2 Å². The predicted molar refractivity (Wildman–Crippen MR) is 72.5 cm³/mol. The Morgan fingerprint density at radius 3 is 2.47 bits per heavy atom.